The van der Waals surface area contributed by atoms with Gasteiger partial charge >= 0.3 is 5.97 Å². The maximum absolute atomic E-state index is 13.5. The number of anilines is 1. The molecule has 0 saturated carbocycles. The number of aliphatic carboxylic acids is 1. The Morgan fingerprint density at radius 2 is 1.83 bits per heavy atom. The lowest BCUT2D eigenvalue weighted by molar-refractivity contribution is -0.137. The van der Waals surface area contributed by atoms with Gasteiger partial charge in [0.15, 0.2) is 0 Å². The average molecular weight is 388 g/mol. The number of hydrogen-bond donors (Lipinski definition) is 1. The molecule has 1 aliphatic carbocycles. The molecule has 5 rings (SSSR count). The summed E-state index contributed by atoms with van der Waals surface area (Å²) in [7, 11) is 0. The fourth-order valence-electron chi connectivity index (χ4n) is 5.11. The molecule has 29 heavy (non-hydrogen) atoms. The molecule has 1 amide bonds. The summed E-state index contributed by atoms with van der Waals surface area (Å²) < 4.78 is 1.92. The van der Waals surface area contributed by atoms with Crippen LogP contribution < -0.4 is 4.90 Å². The van der Waals surface area contributed by atoms with Gasteiger partial charge in [0, 0.05) is 34.7 Å². The second-order valence-electron chi connectivity index (χ2n) is 8.08. The zero-order valence-electron chi connectivity index (χ0n) is 16.3. The smallest absolute Gasteiger partial charge is 0.323 e. The highest BCUT2D eigenvalue weighted by Crippen LogP contribution is 2.36. The Kier molecular flexibility index (Phi) is 4.38. The van der Waals surface area contributed by atoms with Gasteiger partial charge in [0.1, 0.15) is 6.54 Å². The second-order valence-corrected chi connectivity index (χ2v) is 8.08. The van der Waals surface area contributed by atoms with E-state index in [9.17, 15) is 14.7 Å². The van der Waals surface area contributed by atoms with Gasteiger partial charge in [-0.25, -0.2) is 0 Å². The third-order valence-corrected chi connectivity index (χ3v) is 6.39. The van der Waals surface area contributed by atoms with Gasteiger partial charge in [-0.15, -0.1) is 0 Å². The Bertz CT molecular complexity index is 1110. The van der Waals surface area contributed by atoms with E-state index in [1.54, 1.807) is 0 Å². The van der Waals surface area contributed by atoms with E-state index < -0.39 is 5.97 Å². The third-order valence-electron chi connectivity index (χ3n) is 6.39. The fourth-order valence-corrected chi connectivity index (χ4v) is 5.11. The predicted molar refractivity (Wildman–Crippen MR) is 112 cm³/mol. The van der Waals surface area contributed by atoms with E-state index in [4.69, 9.17) is 0 Å². The molecule has 0 bridgehead atoms. The SMILES string of the molecule is O=C(O)Cn1c2c(c3ccccc31)CC(C(=O)N1CCCc3ccccc31)CC2. The second kappa shape index (κ2) is 7.07. The van der Waals surface area contributed by atoms with Crippen LogP contribution in [0.4, 0.5) is 5.69 Å². The van der Waals surface area contributed by atoms with Crippen molar-refractivity contribution < 1.29 is 14.7 Å². The molecular weight excluding hydrogens is 364 g/mol. The average Bonchev–Trinajstić information content (AvgIpc) is 3.05. The molecule has 1 unspecified atom stereocenters. The highest BCUT2D eigenvalue weighted by molar-refractivity contribution is 5.97. The maximum Gasteiger partial charge on any atom is 0.323 e. The summed E-state index contributed by atoms with van der Waals surface area (Å²) in [5.74, 6) is -0.688. The lowest BCUT2D eigenvalue weighted by Crippen LogP contribution is -2.41. The summed E-state index contributed by atoms with van der Waals surface area (Å²) in [5.41, 5.74) is 5.49. The summed E-state index contributed by atoms with van der Waals surface area (Å²) in [5, 5.41) is 10.5. The van der Waals surface area contributed by atoms with Crippen LogP contribution >= 0.6 is 0 Å². The molecule has 0 saturated heterocycles. The van der Waals surface area contributed by atoms with Crippen molar-refractivity contribution in [2.45, 2.75) is 38.6 Å². The number of benzene rings is 2. The molecule has 148 valence electrons. The number of hydrogen-bond acceptors (Lipinski definition) is 2. The Morgan fingerprint density at radius 3 is 2.69 bits per heavy atom. The van der Waals surface area contributed by atoms with Crippen molar-refractivity contribution in [1.82, 2.24) is 4.57 Å². The predicted octanol–water partition coefficient (Wildman–Crippen LogP) is 3.81. The van der Waals surface area contributed by atoms with Gasteiger partial charge in [0.2, 0.25) is 5.91 Å². The number of amides is 1. The van der Waals surface area contributed by atoms with Gasteiger partial charge in [-0.3, -0.25) is 9.59 Å². The van der Waals surface area contributed by atoms with Crippen LogP contribution in [-0.4, -0.2) is 28.1 Å². The largest absolute Gasteiger partial charge is 0.480 e. The lowest BCUT2D eigenvalue weighted by Gasteiger charge is -2.34. The highest BCUT2D eigenvalue weighted by atomic mass is 16.4. The molecule has 0 radical (unpaired) electrons. The Labute approximate surface area is 169 Å². The lowest BCUT2D eigenvalue weighted by atomic mass is 9.84. The van der Waals surface area contributed by atoms with Crippen LogP contribution in [0.5, 0.6) is 0 Å². The highest BCUT2D eigenvalue weighted by Gasteiger charge is 2.33. The van der Waals surface area contributed by atoms with E-state index in [1.807, 2.05) is 39.8 Å². The number of carboxylic acid groups (broad SMARTS) is 1. The molecule has 2 aromatic carbocycles. The van der Waals surface area contributed by atoms with Crippen molar-refractivity contribution in [3.05, 3.63) is 65.4 Å². The van der Waals surface area contributed by atoms with E-state index in [0.717, 1.165) is 60.1 Å². The molecule has 5 heteroatoms. The Balaban J connectivity index is 1.49. The minimum absolute atomic E-state index is 0.0338. The van der Waals surface area contributed by atoms with Crippen molar-refractivity contribution in [3.8, 4) is 0 Å². The van der Waals surface area contributed by atoms with E-state index in [-0.39, 0.29) is 18.4 Å². The quantitative estimate of drug-likeness (QED) is 0.742. The number of rotatable bonds is 3. The molecule has 1 aromatic heterocycles. The Hall–Kier alpha value is -3.08. The fraction of sp³-hybridized carbons (Fsp3) is 0.333. The molecule has 0 fully saturated rings. The van der Waals surface area contributed by atoms with Crippen LogP contribution in [-0.2, 0) is 35.4 Å². The monoisotopic (exact) mass is 388 g/mol. The molecular formula is C24H24N2O3. The van der Waals surface area contributed by atoms with E-state index in [1.165, 1.54) is 5.56 Å². The van der Waals surface area contributed by atoms with E-state index in [2.05, 4.69) is 18.2 Å². The van der Waals surface area contributed by atoms with Crippen LogP contribution in [0, 0.1) is 5.92 Å². The molecule has 3 aromatic rings. The first kappa shape index (κ1) is 18.0. The molecule has 2 heterocycles. The van der Waals surface area contributed by atoms with Crippen LogP contribution in [0.2, 0.25) is 0 Å². The number of carbonyl (C=O) groups is 2. The minimum atomic E-state index is -0.836. The molecule has 0 spiro atoms. The van der Waals surface area contributed by atoms with Gasteiger partial charge in [-0.1, -0.05) is 36.4 Å². The van der Waals surface area contributed by atoms with E-state index in [0.29, 0.717) is 6.42 Å². The van der Waals surface area contributed by atoms with Gasteiger partial charge in [0.05, 0.1) is 0 Å². The van der Waals surface area contributed by atoms with Crippen molar-refractivity contribution in [3.63, 3.8) is 0 Å². The zero-order chi connectivity index (χ0) is 20.0. The number of nitrogens with zero attached hydrogens (tertiary/aromatic N) is 2. The van der Waals surface area contributed by atoms with Crippen molar-refractivity contribution in [2.75, 3.05) is 11.4 Å². The number of carboxylic acids is 1. The van der Waals surface area contributed by atoms with Gasteiger partial charge in [-0.05, 0) is 55.4 Å². The number of fused-ring (bicyclic) bond motifs is 4. The normalized spacial score (nSPS) is 18.3. The molecule has 1 N–H and O–H groups in total. The topological polar surface area (TPSA) is 62.5 Å². The first-order valence-corrected chi connectivity index (χ1v) is 10.3. The van der Waals surface area contributed by atoms with Crippen LogP contribution in [0.3, 0.4) is 0 Å². The van der Waals surface area contributed by atoms with Gasteiger partial charge in [0.25, 0.3) is 0 Å². The van der Waals surface area contributed by atoms with E-state index >= 15 is 0 Å². The maximum atomic E-state index is 13.5. The summed E-state index contributed by atoms with van der Waals surface area (Å²) in [4.78, 5) is 26.9. The van der Waals surface area contributed by atoms with Crippen molar-refractivity contribution in [2.24, 2.45) is 5.92 Å². The number of carbonyl (C=O) groups excluding carboxylic acids is 1. The number of aryl methyl sites for hydroxylation is 1. The van der Waals surface area contributed by atoms with Crippen molar-refractivity contribution in [1.29, 1.82) is 0 Å². The zero-order valence-corrected chi connectivity index (χ0v) is 16.3. The van der Waals surface area contributed by atoms with Crippen LogP contribution in [0.25, 0.3) is 10.9 Å². The minimum Gasteiger partial charge on any atom is -0.480 e. The first-order valence-electron chi connectivity index (χ1n) is 10.3. The first-order chi connectivity index (χ1) is 14.1. The summed E-state index contributed by atoms with van der Waals surface area (Å²) in [6, 6.07) is 16.2. The molecule has 1 aliphatic heterocycles. The molecule has 1 atom stereocenters. The number of aromatic nitrogens is 1. The van der Waals surface area contributed by atoms with Crippen LogP contribution in [0.1, 0.15) is 29.7 Å². The molecule has 2 aliphatic rings. The third kappa shape index (κ3) is 3.01. The summed E-state index contributed by atoms with van der Waals surface area (Å²) in [6.07, 6.45) is 4.21. The number of para-hydroxylation sites is 2. The van der Waals surface area contributed by atoms with Gasteiger partial charge < -0.3 is 14.6 Å². The van der Waals surface area contributed by atoms with Gasteiger partial charge in [-0.2, -0.15) is 0 Å². The summed E-state index contributed by atoms with van der Waals surface area (Å²) in [6.45, 7) is 0.744. The summed E-state index contributed by atoms with van der Waals surface area (Å²) >= 11 is 0. The Morgan fingerprint density at radius 1 is 1.03 bits per heavy atom. The molecule has 5 nitrogen and oxygen atoms in total. The van der Waals surface area contributed by atoms with Crippen LogP contribution in [0.15, 0.2) is 48.5 Å². The standard InChI is InChI=1S/C24H24N2O3/c27-23(28)15-26-21-10-4-2-8-18(21)19-14-17(11-12-22(19)26)24(29)25-13-5-7-16-6-1-3-9-20(16)25/h1-4,6,8-10,17H,5,7,11-15H2,(H,27,28). The van der Waals surface area contributed by atoms with Crippen molar-refractivity contribution >= 4 is 28.5 Å².